The predicted molar refractivity (Wildman–Crippen MR) is 93.1 cm³/mol. The summed E-state index contributed by atoms with van der Waals surface area (Å²) in [6, 6.07) is 8.23. The summed E-state index contributed by atoms with van der Waals surface area (Å²) in [6.07, 6.45) is 7.35. The monoisotopic (exact) mass is 327 g/mol. The van der Waals surface area contributed by atoms with Crippen molar-refractivity contribution in [3.8, 4) is 5.75 Å². The third kappa shape index (κ3) is 3.96. The molecule has 1 aromatic heterocycles. The van der Waals surface area contributed by atoms with Crippen molar-refractivity contribution in [1.29, 1.82) is 0 Å². The van der Waals surface area contributed by atoms with Gasteiger partial charge in [-0.05, 0) is 49.4 Å². The molecule has 0 N–H and O–H groups in total. The summed E-state index contributed by atoms with van der Waals surface area (Å²) in [6.45, 7) is 3.66. The molecule has 128 valence electrons. The Kier molecular flexibility index (Phi) is 5.18. The molecule has 0 bridgehead atoms. The molecule has 3 rings (SSSR count). The van der Waals surface area contributed by atoms with E-state index in [9.17, 15) is 4.79 Å². The van der Waals surface area contributed by atoms with E-state index >= 15 is 0 Å². The van der Waals surface area contributed by atoms with Gasteiger partial charge in [-0.2, -0.15) is 5.10 Å². The number of benzene rings is 1. The molecule has 1 fully saturated rings. The first kappa shape index (κ1) is 16.6. The number of rotatable bonds is 5. The zero-order valence-corrected chi connectivity index (χ0v) is 14.4. The van der Waals surface area contributed by atoms with Crippen LogP contribution in [-0.2, 0) is 11.2 Å². The predicted octanol–water partition coefficient (Wildman–Crippen LogP) is 3.00. The van der Waals surface area contributed by atoms with Crippen LogP contribution in [-0.4, -0.2) is 40.8 Å². The molecule has 1 aliphatic rings. The normalized spacial score (nSPS) is 17.8. The molecule has 1 saturated heterocycles. The van der Waals surface area contributed by atoms with Crippen molar-refractivity contribution in [2.45, 2.75) is 38.6 Å². The highest BCUT2D eigenvalue weighted by atomic mass is 16.5. The lowest BCUT2D eigenvalue weighted by atomic mass is 10.0. The molecule has 0 aliphatic carbocycles. The van der Waals surface area contributed by atoms with Gasteiger partial charge in [0.2, 0.25) is 5.91 Å². The van der Waals surface area contributed by atoms with E-state index in [4.69, 9.17) is 4.74 Å². The smallest absolute Gasteiger partial charge is 0.222 e. The molecule has 2 heterocycles. The van der Waals surface area contributed by atoms with Crippen molar-refractivity contribution < 1.29 is 9.53 Å². The summed E-state index contributed by atoms with van der Waals surface area (Å²) in [4.78, 5) is 14.6. The second kappa shape index (κ2) is 7.51. The van der Waals surface area contributed by atoms with Gasteiger partial charge < -0.3 is 9.64 Å². The molecule has 24 heavy (non-hydrogen) atoms. The highest BCUT2D eigenvalue weighted by Gasteiger charge is 2.24. The minimum Gasteiger partial charge on any atom is -0.497 e. The van der Waals surface area contributed by atoms with Gasteiger partial charge in [-0.15, -0.1) is 0 Å². The van der Waals surface area contributed by atoms with Gasteiger partial charge in [-0.3, -0.25) is 9.48 Å². The molecule has 0 spiro atoms. The third-order valence-corrected chi connectivity index (χ3v) is 4.62. The second-order valence-corrected chi connectivity index (χ2v) is 6.49. The molecule has 0 radical (unpaired) electrons. The van der Waals surface area contributed by atoms with Crippen LogP contribution in [0.2, 0.25) is 0 Å². The fourth-order valence-corrected chi connectivity index (χ4v) is 3.27. The fraction of sp³-hybridized carbons (Fsp3) is 0.474. The van der Waals surface area contributed by atoms with Gasteiger partial charge in [-0.1, -0.05) is 12.1 Å². The highest BCUT2D eigenvalue weighted by Crippen LogP contribution is 2.22. The number of hydrogen-bond donors (Lipinski definition) is 0. The Morgan fingerprint density at radius 2 is 2.29 bits per heavy atom. The average molecular weight is 327 g/mol. The molecule has 5 nitrogen and oxygen atoms in total. The van der Waals surface area contributed by atoms with Crippen LogP contribution < -0.4 is 4.74 Å². The Balaban J connectivity index is 1.56. The number of carbonyl (C=O) groups is 1. The first-order valence-electron chi connectivity index (χ1n) is 8.57. The minimum absolute atomic E-state index is 0.228. The number of carbonyl (C=O) groups excluding carboxylic acids is 1. The number of likely N-dealkylation sites (tertiary alicyclic amines) is 1. The first-order chi connectivity index (χ1) is 11.7. The molecule has 1 aliphatic heterocycles. The Labute approximate surface area is 143 Å². The summed E-state index contributed by atoms with van der Waals surface area (Å²) in [7, 11) is 1.66. The molecule has 1 unspecified atom stereocenters. The molecular weight excluding hydrogens is 302 g/mol. The van der Waals surface area contributed by atoms with Gasteiger partial charge in [0, 0.05) is 25.7 Å². The van der Waals surface area contributed by atoms with E-state index in [1.807, 2.05) is 47.0 Å². The van der Waals surface area contributed by atoms with Gasteiger partial charge >= 0.3 is 0 Å². The van der Waals surface area contributed by atoms with Crippen LogP contribution in [0.1, 0.15) is 36.4 Å². The summed E-state index contributed by atoms with van der Waals surface area (Å²) < 4.78 is 7.25. The van der Waals surface area contributed by atoms with Gasteiger partial charge in [-0.25, -0.2) is 0 Å². The average Bonchev–Trinajstić information content (AvgIpc) is 3.06. The number of methoxy groups -OCH3 is 1. The van der Waals surface area contributed by atoms with Crippen molar-refractivity contribution in [1.82, 2.24) is 14.7 Å². The van der Waals surface area contributed by atoms with Crippen molar-refractivity contribution in [3.05, 3.63) is 47.8 Å². The summed E-state index contributed by atoms with van der Waals surface area (Å²) >= 11 is 0. The summed E-state index contributed by atoms with van der Waals surface area (Å²) in [5.74, 6) is 1.07. The number of amides is 1. The second-order valence-electron chi connectivity index (χ2n) is 6.49. The summed E-state index contributed by atoms with van der Waals surface area (Å²) in [5.41, 5.74) is 2.30. The molecule has 1 aromatic carbocycles. The van der Waals surface area contributed by atoms with Crippen LogP contribution in [0.15, 0.2) is 36.7 Å². The van der Waals surface area contributed by atoms with Crippen LogP contribution in [0.5, 0.6) is 5.75 Å². The third-order valence-electron chi connectivity index (χ3n) is 4.62. The topological polar surface area (TPSA) is 47.4 Å². The fourth-order valence-electron chi connectivity index (χ4n) is 3.27. The zero-order valence-electron chi connectivity index (χ0n) is 14.4. The van der Waals surface area contributed by atoms with E-state index in [2.05, 4.69) is 11.3 Å². The molecule has 1 atom stereocenters. The molecule has 1 amide bonds. The van der Waals surface area contributed by atoms with Crippen LogP contribution in [0, 0.1) is 6.92 Å². The van der Waals surface area contributed by atoms with Gasteiger partial charge in [0.15, 0.2) is 0 Å². The Morgan fingerprint density at radius 1 is 1.42 bits per heavy atom. The van der Waals surface area contributed by atoms with Gasteiger partial charge in [0.25, 0.3) is 0 Å². The molecule has 5 heteroatoms. The van der Waals surface area contributed by atoms with Crippen molar-refractivity contribution in [2.75, 3.05) is 20.2 Å². The van der Waals surface area contributed by atoms with E-state index in [0.29, 0.717) is 12.5 Å². The SMILES string of the molecule is COc1cccc(CCC(=O)N2CCCC(n3cc(C)cn3)C2)c1. The maximum Gasteiger partial charge on any atom is 0.222 e. The zero-order chi connectivity index (χ0) is 16.9. The number of aryl methyl sites for hydroxylation is 2. The summed E-state index contributed by atoms with van der Waals surface area (Å²) in [5, 5.41) is 4.41. The number of hydrogen-bond acceptors (Lipinski definition) is 3. The number of piperidine rings is 1. The maximum absolute atomic E-state index is 12.6. The lowest BCUT2D eigenvalue weighted by Gasteiger charge is -2.33. The van der Waals surface area contributed by atoms with Crippen LogP contribution in [0.4, 0.5) is 0 Å². The van der Waals surface area contributed by atoms with E-state index < -0.39 is 0 Å². The Hall–Kier alpha value is -2.30. The van der Waals surface area contributed by atoms with Gasteiger partial charge in [0.05, 0.1) is 19.3 Å². The Bertz CT molecular complexity index is 695. The first-order valence-corrected chi connectivity index (χ1v) is 8.57. The maximum atomic E-state index is 12.6. The Morgan fingerprint density at radius 3 is 3.04 bits per heavy atom. The van der Waals surface area contributed by atoms with E-state index in [0.717, 1.165) is 49.2 Å². The quantitative estimate of drug-likeness (QED) is 0.848. The van der Waals surface area contributed by atoms with E-state index in [1.165, 1.54) is 0 Å². The lowest BCUT2D eigenvalue weighted by molar-refractivity contribution is -0.132. The minimum atomic E-state index is 0.228. The standard InChI is InChI=1S/C19H25N3O2/c1-15-12-20-22(13-15)17-6-4-10-21(14-17)19(23)9-8-16-5-3-7-18(11-16)24-2/h3,5,7,11-13,17H,4,6,8-10,14H2,1-2H3. The van der Waals surface area contributed by atoms with E-state index in [-0.39, 0.29) is 5.91 Å². The van der Waals surface area contributed by atoms with Gasteiger partial charge in [0.1, 0.15) is 5.75 Å². The van der Waals surface area contributed by atoms with Crippen molar-refractivity contribution in [2.24, 2.45) is 0 Å². The van der Waals surface area contributed by atoms with Crippen LogP contribution >= 0.6 is 0 Å². The highest BCUT2D eigenvalue weighted by molar-refractivity contribution is 5.76. The molecule has 0 saturated carbocycles. The van der Waals surface area contributed by atoms with Crippen molar-refractivity contribution >= 4 is 5.91 Å². The number of nitrogens with zero attached hydrogens (tertiary/aromatic N) is 3. The lowest BCUT2D eigenvalue weighted by Crippen LogP contribution is -2.40. The molecular formula is C19H25N3O2. The van der Waals surface area contributed by atoms with Crippen LogP contribution in [0.3, 0.4) is 0 Å². The largest absolute Gasteiger partial charge is 0.497 e. The number of ether oxygens (including phenoxy) is 1. The molecule has 2 aromatic rings. The van der Waals surface area contributed by atoms with Crippen molar-refractivity contribution in [3.63, 3.8) is 0 Å². The van der Waals surface area contributed by atoms with Crippen LogP contribution in [0.25, 0.3) is 0 Å². The van der Waals surface area contributed by atoms with E-state index in [1.54, 1.807) is 7.11 Å². The number of aromatic nitrogens is 2.